The summed E-state index contributed by atoms with van der Waals surface area (Å²) in [5.41, 5.74) is 0. The highest BCUT2D eigenvalue weighted by atomic mass is 16.4. The van der Waals surface area contributed by atoms with E-state index in [-0.39, 0.29) is 6.03 Å². The van der Waals surface area contributed by atoms with Crippen LogP contribution in [-0.4, -0.2) is 41.6 Å². The van der Waals surface area contributed by atoms with Gasteiger partial charge in [0.05, 0.1) is 5.92 Å². The van der Waals surface area contributed by atoms with E-state index in [1.807, 2.05) is 0 Å². The second kappa shape index (κ2) is 6.01. The maximum atomic E-state index is 11.4. The molecule has 0 unspecified atom stereocenters. The van der Waals surface area contributed by atoms with E-state index in [4.69, 9.17) is 11.5 Å². The average molecular weight is 224 g/mol. The Labute approximate surface area is 94.8 Å². The third-order valence-electron chi connectivity index (χ3n) is 2.54. The smallest absolute Gasteiger partial charge is 0.317 e. The largest absolute Gasteiger partial charge is 0.481 e. The van der Waals surface area contributed by atoms with Crippen molar-refractivity contribution in [2.24, 2.45) is 5.92 Å². The number of carboxylic acids is 1. The second-order valence-corrected chi connectivity index (χ2v) is 3.83. The SMILES string of the molecule is C#CCCCCNC(=O)N1CC(C(=O)O)C1. The summed E-state index contributed by atoms with van der Waals surface area (Å²) in [4.78, 5) is 23.4. The molecule has 5 nitrogen and oxygen atoms in total. The van der Waals surface area contributed by atoms with E-state index in [1.54, 1.807) is 0 Å². The molecular formula is C11H16N2O3. The van der Waals surface area contributed by atoms with Gasteiger partial charge in [-0.3, -0.25) is 4.79 Å². The zero-order valence-corrected chi connectivity index (χ0v) is 9.11. The van der Waals surface area contributed by atoms with Crippen LogP contribution in [0.3, 0.4) is 0 Å². The van der Waals surface area contributed by atoms with Crippen LogP contribution in [0.5, 0.6) is 0 Å². The lowest BCUT2D eigenvalue weighted by atomic mass is 10.0. The number of hydrogen-bond acceptors (Lipinski definition) is 2. The Bertz CT molecular complexity index is 303. The van der Waals surface area contributed by atoms with Crippen molar-refractivity contribution in [1.29, 1.82) is 0 Å². The Morgan fingerprint density at radius 2 is 2.12 bits per heavy atom. The maximum Gasteiger partial charge on any atom is 0.317 e. The number of rotatable bonds is 5. The predicted octanol–water partition coefficient (Wildman–Crippen LogP) is 0.516. The van der Waals surface area contributed by atoms with Crippen LogP contribution in [-0.2, 0) is 4.79 Å². The van der Waals surface area contributed by atoms with Crippen LogP contribution in [0.15, 0.2) is 0 Å². The molecule has 1 aliphatic heterocycles. The molecule has 0 atom stereocenters. The van der Waals surface area contributed by atoms with Gasteiger partial charge >= 0.3 is 12.0 Å². The molecule has 88 valence electrons. The molecule has 1 heterocycles. The molecule has 1 fully saturated rings. The van der Waals surface area contributed by atoms with Crippen LogP contribution >= 0.6 is 0 Å². The van der Waals surface area contributed by atoms with Crippen molar-refractivity contribution in [3.05, 3.63) is 0 Å². The standard InChI is InChI=1S/C11H16N2O3/c1-2-3-4-5-6-12-11(16)13-7-9(8-13)10(14)15/h1,9H,3-8H2,(H,12,16)(H,14,15). The summed E-state index contributed by atoms with van der Waals surface area (Å²) in [5, 5.41) is 11.4. The summed E-state index contributed by atoms with van der Waals surface area (Å²) in [6.07, 6.45) is 7.57. The average Bonchev–Trinajstić information content (AvgIpc) is 2.14. The van der Waals surface area contributed by atoms with Crippen LogP contribution < -0.4 is 5.32 Å². The summed E-state index contributed by atoms with van der Waals surface area (Å²) in [6.45, 7) is 1.21. The van der Waals surface area contributed by atoms with Crippen molar-refractivity contribution >= 4 is 12.0 Å². The molecule has 2 N–H and O–H groups in total. The van der Waals surface area contributed by atoms with E-state index in [1.165, 1.54) is 4.90 Å². The van der Waals surface area contributed by atoms with E-state index < -0.39 is 11.9 Å². The lowest BCUT2D eigenvalue weighted by molar-refractivity contribution is -0.146. The monoisotopic (exact) mass is 224 g/mol. The number of aliphatic carboxylic acids is 1. The predicted molar refractivity (Wildman–Crippen MR) is 58.8 cm³/mol. The molecule has 16 heavy (non-hydrogen) atoms. The van der Waals surface area contributed by atoms with Crippen molar-refractivity contribution in [2.75, 3.05) is 19.6 Å². The lowest BCUT2D eigenvalue weighted by Crippen LogP contribution is -2.56. The second-order valence-electron chi connectivity index (χ2n) is 3.83. The fraction of sp³-hybridized carbons (Fsp3) is 0.636. The van der Waals surface area contributed by atoms with Gasteiger partial charge in [-0.2, -0.15) is 0 Å². The number of nitrogens with one attached hydrogen (secondary N) is 1. The molecule has 0 radical (unpaired) electrons. The van der Waals surface area contributed by atoms with E-state index in [0.29, 0.717) is 19.6 Å². The molecule has 0 spiro atoms. The first-order chi connectivity index (χ1) is 7.65. The van der Waals surface area contributed by atoms with Crippen molar-refractivity contribution < 1.29 is 14.7 Å². The fourth-order valence-electron chi connectivity index (χ4n) is 1.46. The van der Waals surface area contributed by atoms with Gasteiger partial charge < -0.3 is 15.3 Å². The number of nitrogens with zero attached hydrogens (tertiary/aromatic N) is 1. The van der Waals surface area contributed by atoms with Crippen molar-refractivity contribution in [3.8, 4) is 12.3 Å². The van der Waals surface area contributed by atoms with Crippen molar-refractivity contribution in [1.82, 2.24) is 10.2 Å². The molecule has 0 saturated carbocycles. The first-order valence-electron chi connectivity index (χ1n) is 5.34. The van der Waals surface area contributed by atoms with Crippen LogP contribution in [0.25, 0.3) is 0 Å². The normalized spacial score (nSPS) is 15.1. The van der Waals surface area contributed by atoms with Gasteiger partial charge in [0, 0.05) is 26.1 Å². The highest BCUT2D eigenvalue weighted by Crippen LogP contribution is 2.15. The van der Waals surface area contributed by atoms with Gasteiger partial charge in [-0.25, -0.2) is 4.79 Å². The van der Waals surface area contributed by atoms with Crippen LogP contribution in [0.2, 0.25) is 0 Å². The lowest BCUT2D eigenvalue weighted by Gasteiger charge is -2.36. The summed E-state index contributed by atoms with van der Waals surface area (Å²) < 4.78 is 0. The highest BCUT2D eigenvalue weighted by Gasteiger charge is 2.35. The number of urea groups is 1. The summed E-state index contributed by atoms with van der Waals surface area (Å²) in [7, 11) is 0. The Kier molecular flexibility index (Phi) is 4.65. The maximum absolute atomic E-state index is 11.4. The van der Waals surface area contributed by atoms with Gasteiger partial charge in [-0.1, -0.05) is 0 Å². The summed E-state index contributed by atoms with van der Waals surface area (Å²) in [6, 6.07) is -0.182. The number of carbonyl (C=O) groups excluding carboxylic acids is 1. The Morgan fingerprint density at radius 3 is 2.69 bits per heavy atom. The number of amides is 2. The van der Waals surface area contributed by atoms with Gasteiger partial charge in [-0.15, -0.1) is 12.3 Å². The fourth-order valence-corrected chi connectivity index (χ4v) is 1.46. The number of likely N-dealkylation sites (tertiary alicyclic amines) is 1. The van der Waals surface area contributed by atoms with E-state index in [2.05, 4.69) is 11.2 Å². The van der Waals surface area contributed by atoms with Gasteiger partial charge in [0.15, 0.2) is 0 Å². The minimum atomic E-state index is -0.835. The molecule has 0 bridgehead atoms. The molecule has 0 aromatic heterocycles. The van der Waals surface area contributed by atoms with Crippen LogP contribution in [0.1, 0.15) is 19.3 Å². The number of terminal acetylenes is 1. The van der Waals surface area contributed by atoms with Gasteiger partial charge in [0.1, 0.15) is 0 Å². The Hall–Kier alpha value is -1.70. The Morgan fingerprint density at radius 1 is 1.44 bits per heavy atom. The zero-order chi connectivity index (χ0) is 12.0. The van der Waals surface area contributed by atoms with E-state index in [0.717, 1.165) is 19.3 Å². The van der Waals surface area contributed by atoms with E-state index >= 15 is 0 Å². The third kappa shape index (κ3) is 3.46. The molecule has 2 amide bonds. The topological polar surface area (TPSA) is 69.6 Å². The minimum absolute atomic E-state index is 0.182. The number of carbonyl (C=O) groups is 2. The number of hydrogen-bond donors (Lipinski definition) is 2. The molecule has 5 heteroatoms. The van der Waals surface area contributed by atoms with Gasteiger partial charge in [0.25, 0.3) is 0 Å². The first kappa shape index (κ1) is 12.4. The molecule has 0 aromatic carbocycles. The van der Waals surface area contributed by atoms with Crippen LogP contribution in [0, 0.1) is 18.3 Å². The minimum Gasteiger partial charge on any atom is -0.481 e. The third-order valence-corrected chi connectivity index (χ3v) is 2.54. The number of carboxylic acid groups (broad SMARTS) is 1. The molecule has 1 rings (SSSR count). The molecule has 1 aliphatic rings. The van der Waals surface area contributed by atoms with Gasteiger partial charge in [0.2, 0.25) is 0 Å². The summed E-state index contributed by atoms with van der Waals surface area (Å²) in [5.74, 6) is 1.30. The molecular weight excluding hydrogens is 208 g/mol. The van der Waals surface area contributed by atoms with Crippen molar-refractivity contribution in [3.63, 3.8) is 0 Å². The highest BCUT2D eigenvalue weighted by molar-refractivity contribution is 5.79. The Balaban J connectivity index is 2.05. The number of unbranched alkanes of at least 4 members (excludes halogenated alkanes) is 2. The van der Waals surface area contributed by atoms with Crippen LogP contribution in [0.4, 0.5) is 4.79 Å². The molecule has 0 aliphatic carbocycles. The van der Waals surface area contributed by atoms with E-state index in [9.17, 15) is 9.59 Å². The zero-order valence-electron chi connectivity index (χ0n) is 9.11. The summed E-state index contributed by atoms with van der Waals surface area (Å²) >= 11 is 0. The molecule has 1 saturated heterocycles. The van der Waals surface area contributed by atoms with Crippen molar-refractivity contribution in [2.45, 2.75) is 19.3 Å². The van der Waals surface area contributed by atoms with Gasteiger partial charge in [-0.05, 0) is 12.8 Å². The molecule has 0 aromatic rings. The first-order valence-corrected chi connectivity index (χ1v) is 5.34. The quantitative estimate of drug-likeness (QED) is 0.528.